The molecule has 29 heavy (non-hydrogen) atoms. The molecule has 140 valence electrons. The van der Waals surface area contributed by atoms with E-state index in [0.29, 0.717) is 17.9 Å². The van der Waals surface area contributed by atoms with Crippen LogP contribution in [-0.2, 0) is 6.42 Å². The molecule has 0 spiro atoms. The third-order valence-corrected chi connectivity index (χ3v) is 4.86. The molecule has 5 heteroatoms. The Morgan fingerprint density at radius 2 is 1.52 bits per heavy atom. The summed E-state index contributed by atoms with van der Waals surface area (Å²) in [5.41, 5.74) is 11.5. The molecule has 3 aromatic heterocycles. The third-order valence-electron chi connectivity index (χ3n) is 4.86. The van der Waals surface area contributed by atoms with Gasteiger partial charge in [0.25, 0.3) is 0 Å². The average Bonchev–Trinajstić information content (AvgIpc) is 3.20. The lowest BCUT2D eigenvalue weighted by atomic mass is 9.97. The number of nitrogens with zero attached hydrogens (tertiary/aromatic N) is 3. The number of pyridine rings is 1. The smallest absolute Gasteiger partial charge is 0.221 e. The molecule has 0 aliphatic rings. The lowest BCUT2D eigenvalue weighted by Gasteiger charge is -2.13. The van der Waals surface area contributed by atoms with Crippen molar-refractivity contribution < 1.29 is 4.42 Å². The van der Waals surface area contributed by atoms with E-state index < -0.39 is 0 Å². The third kappa shape index (κ3) is 3.34. The zero-order valence-corrected chi connectivity index (χ0v) is 15.6. The maximum absolute atomic E-state index is 6.12. The molecule has 0 aliphatic heterocycles. The number of aromatic nitrogens is 3. The first-order valence-corrected chi connectivity index (χ1v) is 9.37. The molecular weight excluding hydrogens is 360 g/mol. The van der Waals surface area contributed by atoms with Gasteiger partial charge < -0.3 is 10.2 Å². The summed E-state index contributed by atoms with van der Waals surface area (Å²) >= 11 is 0. The fourth-order valence-electron chi connectivity index (χ4n) is 3.52. The van der Waals surface area contributed by atoms with Crippen LogP contribution in [0.25, 0.3) is 33.7 Å². The van der Waals surface area contributed by atoms with E-state index in [1.54, 1.807) is 12.4 Å². The number of hydrogen-bond acceptors (Lipinski definition) is 5. The number of rotatable bonds is 4. The van der Waals surface area contributed by atoms with E-state index in [1.165, 1.54) is 0 Å². The van der Waals surface area contributed by atoms with E-state index in [0.717, 1.165) is 33.4 Å². The number of anilines is 1. The summed E-state index contributed by atoms with van der Waals surface area (Å²) in [6.07, 6.45) is 4.16. The largest absolute Gasteiger partial charge is 0.454 e. The second kappa shape index (κ2) is 7.20. The van der Waals surface area contributed by atoms with Gasteiger partial charge in [0.1, 0.15) is 11.3 Å². The second-order valence-corrected chi connectivity index (χ2v) is 6.80. The van der Waals surface area contributed by atoms with Gasteiger partial charge in [0.15, 0.2) is 5.76 Å². The van der Waals surface area contributed by atoms with Gasteiger partial charge in [-0.3, -0.25) is 4.98 Å². The lowest BCUT2D eigenvalue weighted by molar-refractivity contribution is 0.627. The highest BCUT2D eigenvalue weighted by molar-refractivity contribution is 5.84. The molecule has 0 radical (unpaired) electrons. The number of furan rings is 1. The predicted molar refractivity (Wildman–Crippen MR) is 114 cm³/mol. The van der Waals surface area contributed by atoms with Gasteiger partial charge in [0.2, 0.25) is 5.95 Å². The maximum Gasteiger partial charge on any atom is 0.221 e. The molecule has 0 amide bonds. The Kier molecular flexibility index (Phi) is 4.26. The Bertz CT molecular complexity index is 1250. The first kappa shape index (κ1) is 17.1. The Labute approximate surface area is 167 Å². The first-order valence-electron chi connectivity index (χ1n) is 9.37. The molecule has 5 aromatic rings. The van der Waals surface area contributed by atoms with Crippen LogP contribution in [0.5, 0.6) is 0 Å². The van der Waals surface area contributed by atoms with Crippen LogP contribution in [0.4, 0.5) is 5.95 Å². The predicted octanol–water partition coefficient (Wildman–Crippen LogP) is 5.12. The zero-order valence-electron chi connectivity index (χ0n) is 15.6. The van der Waals surface area contributed by atoms with Gasteiger partial charge in [-0.05, 0) is 29.8 Å². The molecule has 3 heterocycles. The van der Waals surface area contributed by atoms with Crippen molar-refractivity contribution in [2.24, 2.45) is 0 Å². The van der Waals surface area contributed by atoms with E-state index in [9.17, 15) is 0 Å². The van der Waals surface area contributed by atoms with Crippen LogP contribution in [0.1, 0.15) is 11.1 Å². The van der Waals surface area contributed by atoms with Crippen LogP contribution in [-0.4, -0.2) is 15.0 Å². The van der Waals surface area contributed by atoms with Crippen LogP contribution >= 0.6 is 0 Å². The minimum atomic E-state index is 0.212. The van der Waals surface area contributed by atoms with Crippen molar-refractivity contribution >= 4 is 16.9 Å². The molecule has 0 unspecified atom stereocenters. The van der Waals surface area contributed by atoms with Gasteiger partial charge in [-0.15, -0.1) is 0 Å². The minimum Gasteiger partial charge on any atom is -0.454 e. The van der Waals surface area contributed by atoms with Gasteiger partial charge in [-0.2, -0.15) is 0 Å². The number of hydrogen-bond donors (Lipinski definition) is 1. The molecule has 2 aromatic carbocycles. The molecule has 0 saturated carbocycles. The number of nitrogens with two attached hydrogens (primary N) is 1. The van der Waals surface area contributed by atoms with Gasteiger partial charge in [-0.1, -0.05) is 48.5 Å². The number of fused-ring (bicyclic) bond motifs is 1. The maximum atomic E-state index is 6.12. The molecule has 0 fully saturated rings. The summed E-state index contributed by atoms with van der Waals surface area (Å²) in [7, 11) is 0. The highest BCUT2D eigenvalue weighted by Gasteiger charge is 2.20. The highest BCUT2D eigenvalue weighted by atomic mass is 16.3. The monoisotopic (exact) mass is 378 g/mol. The molecule has 5 nitrogen and oxygen atoms in total. The zero-order chi connectivity index (χ0) is 19.6. The SMILES string of the molecule is Nc1nc(-c2ccncc2)c(Cc2ccccc2)c(-c2cc3ccccc3o2)n1. The van der Waals surface area contributed by atoms with Crippen LogP contribution in [0, 0.1) is 0 Å². The number of benzene rings is 2. The summed E-state index contributed by atoms with van der Waals surface area (Å²) in [4.78, 5) is 13.3. The van der Waals surface area contributed by atoms with Crippen LogP contribution < -0.4 is 5.73 Å². The number of para-hydroxylation sites is 1. The van der Waals surface area contributed by atoms with Crippen molar-refractivity contribution in [3.05, 3.63) is 96.3 Å². The molecular formula is C24H18N4O. The molecule has 0 aliphatic carbocycles. The van der Waals surface area contributed by atoms with E-state index in [1.807, 2.05) is 60.7 Å². The summed E-state index contributed by atoms with van der Waals surface area (Å²) < 4.78 is 6.12. The van der Waals surface area contributed by atoms with E-state index in [-0.39, 0.29) is 5.95 Å². The van der Waals surface area contributed by atoms with E-state index in [4.69, 9.17) is 10.2 Å². The molecule has 2 N–H and O–H groups in total. The van der Waals surface area contributed by atoms with Crippen molar-refractivity contribution in [1.82, 2.24) is 15.0 Å². The quantitative estimate of drug-likeness (QED) is 0.469. The molecule has 0 bridgehead atoms. The van der Waals surface area contributed by atoms with Crippen molar-refractivity contribution in [1.29, 1.82) is 0 Å². The van der Waals surface area contributed by atoms with Gasteiger partial charge in [0, 0.05) is 35.3 Å². The van der Waals surface area contributed by atoms with E-state index >= 15 is 0 Å². The lowest BCUT2D eigenvalue weighted by Crippen LogP contribution is -2.05. The summed E-state index contributed by atoms with van der Waals surface area (Å²) in [5.74, 6) is 0.894. The van der Waals surface area contributed by atoms with Crippen LogP contribution in [0.3, 0.4) is 0 Å². The fraction of sp³-hybridized carbons (Fsp3) is 0.0417. The standard InChI is InChI=1S/C24H18N4O/c25-24-27-22(17-10-12-26-13-11-17)19(14-16-6-2-1-3-7-16)23(28-24)21-15-18-8-4-5-9-20(18)29-21/h1-13,15H,14H2,(H2,25,27,28). The van der Waals surface area contributed by atoms with Crippen molar-refractivity contribution in [2.45, 2.75) is 6.42 Å². The number of nitrogen functional groups attached to an aromatic ring is 1. The minimum absolute atomic E-state index is 0.212. The molecule has 0 saturated heterocycles. The molecule has 5 rings (SSSR count). The second-order valence-electron chi connectivity index (χ2n) is 6.80. The summed E-state index contributed by atoms with van der Waals surface area (Å²) in [5, 5.41) is 1.02. The van der Waals surface area contributed by atoms with E-state index in [2.05, 4.69) is 27.1 Å². The van der Waals surface area contributed by atoms with Crippen molar-refractivity contribution in [3.8, 4) is 22.7 Å². The normalized spacial score (nSPS) is 11.0. The van der Waals surface area contributed by atoms with Crippen molar-refractivity contribution in [2.75, 3.05) is 5.73 Å². The first-order chi connectivity index (χ1) is 14.3. The Morgan fingerprint density at radius 1 is 0.793 bits per heavy atom. The average molecular weight is 378 g/mol. The Balaban J connectivity index is 1.75. The summed E-state index contributed by atoms with van der Waals surface area (Å²) in [6, 6.07) is 24.0. The highest BCUT2D eigenvalue weighted by Crippen LogP contribution is 2.35. The van der Waals surface area contributed by atoms with Crippen LogP contribution in [0.2, 0.25) is 0 Å². The Morgan fingerprint density at radius 3 is 2.31 bits per heavy atom. The van der Waals surface area contributed by atoms with Crippen LogP contribution in [0.15, 0.2) is 89.6 Å². The van der Waals surface area contributed by atoms with Crippen molar-refractivity contribution in [3.63, 3.8) is 0 Å². The topological polar surface area (TPSA) is 77.8 Å². The molecule has 0 atom stereocenters. The fourth-order valence-corrected chi connectivity index (χ4v) is 3.52. The van der Waals surface area contributed by atoms with Gasteiger partial charge in [-0.25, -0.2) is 9.97 Å². The Hall–Kier alpha value is -3.99. The summed E-state index contributed by atoms with van der Waals surface area (Å²) in [6.45, 7) is 0. The van der Waals surface area contributed by atoms with Gasteiger partial charge in [0.05, 0.1) is 5.69 Å². The van der Waals surface area contributed by atoms with Gasteiger partial charge >= 0.3 is 0 Å².